The van der Waals surface area contributed by atoms with Crippen LogP contribution in [0, 0.1) is 5.82 Å². The van der Waals surface area contributed by atoms with E-state index >= 15 is 0 Å². The minimum atomic E-state index is -0.552. The van der Waals surface area contributed by atoms with Gasteiger partial charge in [0.05, 0.1) is 6.54 Å². The van der Waals surface area contributed by atoms with Crippen molar-refractivity contribution in [1.82, 2.24) is 15.1 Å². The number of benzene rings is 1. The molecule has 0 spiro atoms. The van der Waals surface area contributed by atoms with E-state index in [0.717, 1.165) is 12.8 Å². The average molecular weight is 323 g/mol. The number of halogens is 1. The van der Waals surface area contributed by atoms with E-state index in [1.165, 1.54) is 17.0 Å². The number of carbonyl (C=O) groups excluding carboxylic acids is 2. The van der Waals surface area contributed by atoms with E-state index in [4.69, 9.17) is 0 Å². The van der Waals surface area contributed by atoms with E-state index in [1.807, 2.05) is 6.92 Å². The second-order valence-corrected chi connectivity index (χ2v) is 5.82. The summed E-state index contributed by atoms with van der Waals surface area (Å²) < 4.78 is 13.1. The number of carbonyl (C=O) groups is 2. The van der Waals surface area contributed by atoms with E-state index in [9.17, 15) is 14.0 Å². The first kappa shape index (κ1) is 19.1. The smallest absolute Gasteiger partial charge is 0.244 e. The van der Waals surface area contributed by atoms with Crippen molar-refractivity contribution < 1.29 is 14.0 Å². The zero-order chi connectivity index (χ0) is 17.4. The van der Waals surface area contributed by atoms with Crippen LogP contribution >= 0.6 is 0 Å². The Balaban J connectivity index is 2.73. The van der Waals surface area contributed by atoms with Crippen molar-refractivity contribution in [2.24, 2.45) is 0 Å². The lowest BCUT2D eigenvalue weighted by atomic mass is 10.0. The maximum atomic E-state index is 13.1. The Kier molecular flexibility index (Phi) is 7.68. The highest BCUT2D eigenvalue weighted by Gasteiger charge is 2.26. The van der Waals surface area contributed by atoms with Gasteiger partial charge < -0.3 is 10.2 Å². The molecule has 1 aromatic carbocycles. The predicted octanol–water partition coefficient (Wildman–Crippen LogP) is 1.80. The van der Waals surface area contributed by atoms with Crippen molar-refractivity contribution in [3.05, 3.63) is 35.6 Å². The highest BCUT2D eigenvalue weighted by molar-refractivity contribution is 5.88. The van der Waals surface area contributed by atoms with Crippen LogP contribution in [0.2, 0.25) is 0 Å². The molecule has 1 rings (SSSR count). The molecule has 0 unspecified atom stereocenters. The van der Waals surface area contributed by atoms with Gasteiger partial charge in [0.1, 0.15) is 11.9 Å². The molecule has 1 atom stereocenters. The van der Waals surface area contributed by atoms with Gasteiger partial charge >= 0.3 is 0 Å². The molecule has 0 saturated carbocycles. The van der Waals surface area contributed by atoms with Crippen molar-refractivity contribution in [2.75, 3.05) is 34.2 Å². The fourth-order valence-corrected chi connectivity index (χ4v) is 2.27. The molecular formula is C17H26FN3O2. The quantitative estimate of drug-likeness (QED) is 0.742. The Morgan fingerprint density at radius 2 is 1.78 bits per heavy atom. The fourth-order valence-electron chi connectivity index (χ4n) is 2.27. The highest BCUT2D eigenvalue weighted by atomic mass is 19.1. The molecule has 6 heteroatoms. The molecule has 0 aliphatic rings. The van der Waals surface area contributed by atoms with Gasteiger partial charge in [-0.3, -0.25) is 14.5 Å². The summed E-state index contributed by atoms with van der Waals surface area (Å²) in [7, 11) is 5.16. The van der Waals surface area contributed by atoms with Gasteiger partial charge in [-0.05, 0) is 38.2 Å². The van der Waals surface area contributed by atoms with Crippen LogP contribution in [0.3, 0.4) is 0 Å². The largest absolute Gasteiger partial charge is 0.355 e. The van der Waals surface area contributed by atoms with Crippen molar-refractivity contribution in [3.8, 4) is 0 Å². The van der Waals surface area contributed by atoms with E-state index < -0.39 is 6.04 Å². The van der Waals surface area contributed by atoms with Gasteiger partial charge in [-0.1, -0.05) is 25.5 Å². The Hall–Kier alpha value is -1.95. The number of nitrogens with zero attached hydrogens (tertiary/aromatic N) is 2. The lowest BCUT2D eigenvalue weighted by Gasteiger charge is -2.28. The Labute approximate surface area is 137 Å². The van der Waals surface area contributed by atoms with Crippen LogP contribution in [0.4, 0.5) is 4.39 Å². The SMILES string of the molecule is CCCCNC(=O)CN(C)C(=O)[C@H](c1ccc(F)cc1)N(C)C. The average Bonchev–Trinajstić information content (AvgIpc) is 2.49. The molecule has 128 valence electrons. The first-order chi connectivity index (χ1) is 10.9. The molecule has 2 amide bonds. The van der Waals surface area contributed by atoms with Crippen LogP contribution in [0.25, 0.3) is 0 Å². The molecule has 0 fully saturated rings. The zero-order valence-corrected chi connectivity index (χ0v) is 14.3. The van der Waals surface area contributed by atoms with Crippen LogP contribution in [-0.4, -0.2) is 55.8 Å². The third-order valence-electron chi connectivity index (χ3n) is 3.55. The van der Waals surface area contributed by atoms with Crippen molar-refractivity contribution in [2.45, 2.75) is 25.8 Å². The highest BCUT2D eigenvalue weighted by Crippen LogP contribution is 2.20. The predicted molar refractivity (Wildman–Crippen MR) is 88.4 cm³/mol. The van der Waals surface area contributed by atoms with Crippen LogP contribution in [0.5, 0.6) is 0 Å². The van der Waals surface area contributed by atoms with E-state index in [1.54, 1.807) is 38.2 Å². The molecule has 0 aromatic heterocycles. The molecule has 0 aliphatic carbocycles. The molecule has 0 heterocycles. The van der Waals surface area contributed by atoms with Gasteiger partial charge in [-0.15, -0.1) is 0 Å². The lowest BCUT2D eigenvalue weighted by Crippen LogP contribution is -2.43. The summed E-state index contributed by atoms with van der Waals surface area (Å²) in [5.41, 5.74) is 0.694. The maximum absolute atomic E-state index is 13.1. The third kappa shape index (κ3) is 5.98. The number of hydrogen-bond acceptors (Lipinski definition) is 3. The topological polar surface area (TPSA) is 52.7 Å². The molecule has 0 aliphatic heterocycles. The zero-order valence-electron chi connectivity index (χ0n) is 14.3. The monoisotopic (exact) mass is 323 g/mol. The maximum Gasteiger partial charge on any atom is 0.244 e. The van der Waals surface area contributed by atoms with E-state index in [-0.39, 0.29) is 24.2 Å². The van der Waals surface area contributed by atoms with Gasteiger partial charge in [0.25, 0.3) is 0 Å². The van der Waals surface area contributed by atoms with Crippen LogP contribution in [-0.2, 0) is 9.59 Å². The summed E-state index contributed by atoms with van der Waals surface area (Å²) >= 11 is 0. The number of unbranched alkanes of at least 4 members (excludes halogenated alkanes) is 1. The van der Waals surface area contributed by atoms with Crippen molar-refractivity contribution in [1.29, 1.82) is 0 Å². The molecule has 0 saturated heterocycles. The number of likely N-dealkylation sites (N-methyl/N-ethyl adjacent to an activating group) is 2. The van der Waals surface area contributed by atoms with Gasteiger partial charge in [-0.25, -0.2) is 4.39 Å². The lowest BCUT2D eigenvalue weighted by molar-refractivity contribution is -0.138. The standard InChI is InChI=1S/C17H26FN3O2/c1-5-6-11-19-15(22)12-21(4)17(23)16(20(2)3)13-7-9-14(18)10-8-13/h7-10,16H,5-6,11-12H2,1-4H3,(H,19,22)/t16-/m0/s1. The van der Waals surface area contributed by atoms with Crippen LogP contribution in [0.1, 0.15) is 31.4 Å². The molecule has 5 nitrogen and oxygen atoms in total. The van der Waals surface area contributed by atoms with Crippen molar-refractivity contribution in [3.63, 3.8) is 0 Å². The minimum absolute atomic E-state index is 0.00802. The first-order valence-corrected chi connectivity index (χ1v) is 7.80. The van der Waals surface area contributed by atoms with Gasteiger partial charge in [0, 0.05) is 13.6 Å². The summed E-state index contributed by atoms with van der Waals surface area (Å²) in [6, 6.07) is 5.29. The molecular weight excluding hydrogens is 297 g/mol. The molecule has 1 aromatic rings. The van der Waals surface area contributed by atoms with E-state index in [0.29, 0.717) is 12.1 Å². The minimum Gasteiger partial charge on any atom is -0.355 e. The fraction of sp³-hybridized carbons (Fsp3) is 0.529. The number of hydrogen-bond donors (Lipinski definition) is 1. The summed E-state index contributed by atoms with van der Waals surface area (Å²) in [6.07, 6.45) is 1.92. The first-order valence-electron chi connectivity index (χ1n) is 7.80. The molecule has 0 radical (unpaired) electrons. The summed E-state index contributed by atoms with van der Waals surface area (Å²) in [4.78, 5) is 27.6. The number of rotatable bonds is 8. The summed E-state index contributed by atoms with van der Waals surface area (Å²) in [6.45, 7) is 2.67. The Morgan fingerprint density at radius 3 is 2.30 bits per heavy atom. The molecule has 1 N–H and O–H groups in total. The Bertz CT molecular complexity index is 517. The van der Waals surface area contributed by atoms with Gasteiger partial charge in [-0.2, -0.15) is 0 Å². The second-order valence-electron chi connectivity index (χ2n) is 5.82. The van der Waals surface area contributed by atoms with Gasteiger partial charge in [0.2, 0.25) is 11.8 Å². The van der Waals surface area contributed by atoms with Crippen molar-refractivity contribution >= 4 is 11.8 Å². The van der Waals surface area contributed by atoms with E-state index in [2.05, 4.69) is 5.32 Å². The third-order valence-corrected chi connectivity index (χ3v) is 3.55. The summed E-state index contributed by atoms with van der Waals surface area (Å²) in [5, 5.41) is 2.79. The molecule has 0 bridgehead atoms. The van der Waals surface area contributed by atoms with Crippen LogP contribution in [0.15, 0.2) is 24.3 Å². The number of amides is 2. The molecule has 23 heavy (non-hydrogen) atoms. The number of nitrogens with one attached hydrogen (secondary N) is 1. The van der Waals surface area contributed by atoms with Crippen LogP contribution < -0.4 is 5.32 Å². The second kappa shape index (κ2) is 9.25. The van der Waals surface area contributed by atoms with Gasteiger partial charge in [0.15, 0.2) is 0 Å². The normalized spacial score (nSPS) is 12.1. The summed E-state index contributed by atoms with van der Waals surface area (Å²) in [5.74, 6) is -0.722. The Morgan fingerprint density at radius 1 is 1.17 bits per heavy atom.